The molecule has 0 spiro atoms. The third-order valence-electron chi connectivity index (χ3n) is 2.28. The van der Waals surface area contributed by atoms with Gasteiger partial charge in [-0.15, -0.1) is 0 Å². The van der Waals surface area contributed by atoms with Gasteiger partial charge in [0.05, 0.1) is 19.3 Å². The molecule has 0 bridgehead atoms. The molecule has 0 aliphatic heterocycles. The molecule has 0 atom stereocenters. The van der Waals surface area contributed by atoms with E-state index in [1.165, 1.54) is 12.1 Å². The average molecular weight is 286 g/mol. The number of esters is 1. The van der Waals surface area contributed by atoms with Gasteiger partial charge in [0.2, 0.25) is 0 Å². The number of hydrogen-bond donors (Lipinski definition) is 0. The summed E-state index contributed by atoms with van der Waals surface area (Å²) >= 11 is 0. The fourth-order valence-electron chi connectivity index (χ4n) is 1.44. The van der Waals surface area contributed by atoms with Crippen molar-refractivity contribution in [2.75, 3.05) is 13.7 Å². The largest absolute Gasteiger partial charge is 0.496 e. The van der Waals surface area contributed by atoms with E-state index in [1.807, 2.05) is 0 Å². The molecule has 6 heteroatoms. The van der Waals surface area contributed by atoms with Gasteiger partial charge in [0.1, 0.15) is 12.2 Å². The molecule has 1 aromatic carbocycles. The van der Waals surface area contributed by atoms with E-state index >= 15 is 0 Å². The lowest BCUT2D eigenvalue weighted by atomic mass is 10.1. The Morgan fingerprint density at radius 1 is 1.35 bits per heavy atom. The smallest absolute Gasteiger partial charge is 0.420 e. The van der Waals surface area contributed by atoms with E-state index < -0.39 is 17.7 Å². The first kappa shape index (κ1) is 15.9. The summed E-state index contributed by atoms with van der Waals surface area (Å²) in [5, 5.41) is 0. The van der Waals surface area contributed by atoms with Gasteiger partial charge in [0.15, 0.2) is 0 Å². The normalized spacial score (nSPS) is 10.4. The number of carbonyl (C=O) groups is 1. The number of methoxy groups -OCH3 is 1. The van der Waals surface area contributed by atoms with Gasteiger partial charge in [-0.25, -0.2) is 0 Å². The van der Waals surface area contributed by atoms with Crippen LogP contribution in [0.15, 0.2) is 18.2 Å². The van der Waals surface area contributed by atoms with Crippen LogP contribution in [0, 0.1) is 11.8 Å². The van der Waals surface area contributed by atoms with Gasteiger partial charge in [0, 0.05) is 5.56 Å². The van der Waals surface area contributed by atoms with Crippen molar-refractivity contribution in [1.29, 1.82) is 0 Å². The molecule has 0 saturated heterocycles. The Bertz CT molecular complexity index is 539. The molecule has 3 nitrogen and oxygen atoms in total. The van der Waals surface area contributed by atoms with Crippen LogP contribution in [0.25, 0.3) is 0 Å². The second kappa shape index (κ2) is 6.85. The highest BCUT2D eigenvalue weighted by Crippen LogP contribution is 2.36. The lowest BCUT2D eigenvalue weighted by Crippen LogP contribution is -2.07. The number of halogens is 3. The molecule has 20 heavy (non-hydrogen) atoms. The third-order valence-corrected chi connectivity index (χ3v) is 2.28. The Hall–Kier alpha value is -2.16. The summed E-state index contributed by atoms with van der Waals surface area (Å²) in [6, 6.07) is 3.47. The van der Waals surface area contributed by atoms with Gasteiger partial charge in [-0.1, -0.05) is 11.8 Å². The molecule has 0 aliphatic rings. The topological polar surface area (TPSA) is 35.5 Å². The molecule has 0 saturated carbocycles. The Morgan fingerprint density at radius 3 is 2.60 bits per heavy atom. The summed E-state index contributed by atoms with van der Waals surface area (Å²) in [6.07, 6.45) is -4.69. The molecule has 0 aromatic heterocycles. The van der Waals surface area contributed by atoms with Gasteiger partial charge in [-0.05, 0) is 25.1 Å². The maximum absolute atomic E-state index is 12.8. The predicted octanol–water partition coefficient (Wildman–Crippen LogP) is 3.02. The highest BCUT2D eigenvalue weighted by atomic mass is 19.4. The van der Waals surface area contributed by atoms with Crippen molar-refractivity contribution >= 4 is 5.97 Å². The van der Waals surface area contributed by atoms with Crippen molar-refractivity contribution in [1.82, 2.24) is 0 Å². The second-order valence-electron chi connectivity index (χ2n) is 3.70. The van der Waals surface area contributed by atoms with Gasteiger partial charge in [0.25, 0.3) is 0 Å². The van der Waals surface area contributed by atoms with Crippen LogP contribution in [-0.4, -0.2) is 19.7 Å². The summed E-state index contributed by atoms with van der Waals surface area (Å²) in [6.45, 7) is 1.89. The second-order valence-corrected chi connectivity index (χ2v) is 3.70. The van der Waals surface area contributed by atoms with Crippen molar-refractivity contribution in [3.05, 3.63) is 29.3 Å². The Kier molecular flexibility index (Phi) is 5.44. The molecule has 0 fully saturated rings. The van der Waals surface area contributed by atoms with Crippen molar-refractivity contribution < 1.29 is 27.4 Å². The Morgan fingerprint density at radius 2 is 2.05 bits per heavy atom. The molecule has 0 amide bonds. The number of rotatable bonds is 3. The zero-order valence-corrected chi connectivity index (χ0v) is 11.0. The highest BCUT2D eigenvalue weighted by Gasteiger charge is 2.34. The summed E-state index contributed by atoms with van der Waals surface area (Å²) in [7, 11) is 1.16. The van der Waals surface area contributed by atoms with Crippen LogP contribution < -0.4 is 4.74 Å². The van der Waals surface area contributed by atoms with E-state index in [0.29, 0.717) is 0 Å². The van der Waals surface area contributed by atoms with E-state index in [0.717, 1.165) is 13.2 Å². The van der Waals surface area contributed by atoms with Crippen LogP contribution in [0.2, 0.25) is 0 Å². The van der Waals surface area contributed by atoms with E-state index in [9.17, 15) is 18.0 Å². The van der Waals surface area contributed by atoms with E-state index in [1.54, 1.807) is 6.92 Å². The summed E-state index contributed by atoms with van der Waals surface area (Å²) in [4.78, 5) is 11.0. The molecule has 0 radical (unpaired) electrons. The highest BCUT2D eigenvalue weighted by molar-refractivity contribution is 5.72. The average Bonchev–Trinajstić information content (AvgIpc) is 2.38. The summed E-state index contributed by atoms with van der Waals surface area (Å²) < 4.78 is 47.6. The molecule has 0 heterocycles. The van der Waals surface area contributed by atoms with E-state index in [-0.39, 0.29) is 24.3 Å². The lowest BCUT2D eigenvalue weighted by Gasteiger charge is -2.11. The number of benzene rings is 1. The molecule has 108 valence electrons. The number of hydrogen-bond acceptors (Lipinski definition) is 3. The maximum atomic E-state index is 12.8. The minimum absolute atomic E-state index is 0.155. The van der Waals surface area contributed by atoms with Crippen LogP contribution in [0.3, 0.4) is 0 Å². The van der Waals surface area contributed by atoms with Crippen LogP contribution in [0.4, 0.5) is 13.2 Å². The fourth-order valence-corrected chi connectivity index (χ4v) is 1.44. The number of alkyl halides is 3. The molecule has 0 unspecified atom stereocenters. The van der Waals surface area contributed by atoms with E-state index in [2.05, 4.69) is 21.3 Å². The third kappa shape index (κ3) is 4.50. The minimum atomic E-state index is -4.52. The standard InChI is InChI=1S/C14H13F3O3/c1-3-20-13(18)6-4-5-10-7-8-12(19-2)11(9-10)14(15,16)17/h7-9H,3,6H2,1-2H3. The SMILES string of the molecule is CCOC(=O)CC#Cc1ccc(OC)c(C(F)(F)F)c1. The molecule has 1 rings (SSSR count). The molecule has 0 N–H and O–H groups in total. The molecule has 1 aromatic rings. The quantitative estimate of drug-likeness (QED) is 0.633. The predicted molar refractivity (Wildman–Crippen MR) is 66.1 cm³/mol. The van der Waals surface area contributed by atoms with Crippen molar-refractivity contribution in [3.8, 4) is 17.6 Å². The zero-order valence-electron chi connectivity index (χ0n) is 11.0. The van der Waals surface area contributed by atoms with Crippen LogP contribution in [-0.2, 0) is 15.7 Å². The number of ether oxygens (including phenoxy) is 2. The minimum Gasteiger partial charge on any atom is -0.496 e. The first-order valence-corrected chi connectivity index (χ1v) is 5.78. The monoisotopic (exact) mass is 286 g/mol. The van der Waals surface area contributed by atoms with Crippen LogP contribution in [0.1, 0.15) is 24.5 Å². The maximum Gasteiger partial charge on any atom is 0.420 e. The Labute approximate surface area is 114 Å². The van der Waals surface area contributed by atoms with Gasteiger partial charge < -0.3 is 9.47 Å². The van der Waals surface area contributed by atoms with Crippen LogP contribution in [0.5, 0.6) is 5.75 Å². The van der Waals surface area contributed by atoms with Gasteiger partial charge >= 0.3 is 12.1 Å². The fraction of sp³-hybridized carbons (Fsp3) is 0.357. The van der Waals surface area contributed by atoms with E-state index in [4.69, 9.17) is 0 Å². The first-order chi connectivity index (χ1) is 9.38. The van der Waals surface area contributed by atoms with Crippen molar-refractivity contribution in [2.45, 2.75) is 19.5 Å². The van der Waals surface area contributed by atoms with Crippen LogP contribution >= 0.6 is 0 Å². The zero-order chi connectivity index (χ0) is 15.2. The summed E-state index contributed by atoms with van der Waals surface area (Å²) in [5.41, 5.74) is -0.745. The van der Waals surface area contributed by atoms with Gasteiger partial charge in [-0.2, -0.15) is 13.2 Å². The first-order valence-electron chi connectivity index (χ1n) is 5.78. The molecule has 0 aliphatic carbocycles. The van der Waals surface area contributed by atoms with Crippen molar-refractivity contribution in [3.63, 3.8) is 0 Å². The lowest BCUT2D eigenvalue weighted by molar-refractivity contribution is -0.142. The summed E-state index contributed by atoms with van der Waals surface area (Å²) in [5.74, 6) is 4.18. The number of carbonyl (C=O) groups excluding carboxylic acids is 1. The Balaban J connectivity index is 2.93. The molecular weight excluding hydrogens is 273 g/mol. The molecular formula is C14H13F3O3. The van der Waals surface area contributed by atoms with Gasteiger partial charge in [-0.3, -0.25) is 4.79 Å². The van der Waals surface area contributed by atoms with Crippen molar-refractivity contribution in [2.24, 2.45) is 0 Å².